The molecule has 0 amide bonds. The molecule has 1 aliphatic heterocycles. The van der Waals surface area contributed by atoms with Crippen LogP contribution in [0.1, 0.15) is 49.8 Å². The Morgan fingerprint density at radius 1 is 1.27 bits per heavy atom. The zero-order chi connectivity index (χ0) is 19.1. The fraction of sp³-hybridized carbons (Fsp3) is 0.381. The molecular formula is C21H25N3O2. The highest BCUT2D eigenvalue weighted by atomic mass is 16.6. The van der Waals surface area contributed by atoms with E-state index in [0.29, 0.717) is 11.6 Å². The van der Waals surface area contributed by atoms with Crippen LogP contribution >= 0.6 is 0 Å². The van der Waals surface area contributed by atoms with E-state index in [1.54, 1.807) is 12.1 Å². The number of hydrogen-bond acceptors (Lipinski definition) is 4. The maximum Gasteiger partial charge on any atom is 0.269 e. The maximum absolute atomic E-state index is 10.7. The number of nitrogens with zero attached hydrogens (tertiary/aromatic N) is 3. The van der Waals surface area contributed by atoms with Crippen molar-refractivity contribution in [2.24, 2.45) is 4.99 Å². The lowest BCUT2D eigenvalue weighted by atomic mass is 9.79. The monoisotopic (exact) mass is 351 g/mol. The van der Waals surface area contributed by atoms with Crippen LogP contribution in [0.25, 0.3) is 0 Å². The summed E-state index contributed by atoms with van der Waals surface area (Å²) < 4.78 is 0. The number of benzene rings is 2. The lowest BCUT2D eigenvalue weighted by Crippen LogP contribution is -2.45. The maximum atomic E-state index is 10.7. The van der Waals surface area contributed by atoms with Gasteiger partial charge in [-0.1, -0.05) is 6.92 Å². The largest absolute Gasteiger partial charge is 0.369 e. The zero-order valence-corrected chi connectivity index (χ0v) is 16.0. The van der Waals surface area contributed by atoms with Crippen molar-refractivity contribution < 1.29 is 4.92 Å². The Balaban J connectivity index is 1.92. The first kappa shape index (κ1) is 18.1. The predicted octanol–water partition coefficient (Wildman–Crippen LogP) is 5.38. The van der Waals surface area contributed by atoms with E-state index in [2.05, 4.69) is 56.8 Å². The number of nitro benzene ring substituents is 1. The van der Waals surface area contributed by atoms with Crippen molar-refractivity contribution in [3.63, 3.8) is 0 Å². The molecule has 0 spiro atoms. The number of aliphatic imine (C=N–C) groups is 1. The molecule has 5 nitrogen and oxygen atoms in total. The third-order valence-corrected chi connectivity index (χ3v) is 5.43. The molecule has 0 saturated carbocycles. The van der Waals surface area contributed by atoms with E-state index in [1.807, 2.05) is 6.21 Å². The number of anilines is 1. The van der Waals surface area contributed by atoms with Crippen molar-refractivity contribution in [2.75, 3.05) is 11.9 Å². The molecule has 3 rings (SSSR count). The van der Waals surface area contributed by atoms with E-state index in [-0.39, 0.29) is 11.2 Å². The van der Waals surface area contributed by atoms with E-state index >= 15 is 0 Å². The first-order valence-corrected chi connectivity index (χ1v) is 8.86. The van der Waals surface area contributed by atoms with Gasteiger partial charge in [-0.3, -0.25) is 15.1 Å². The third kappa shape index (κ3) is 3.34. The minimum atomic E-state index is -0.402. The van der Waals surface area contributed by atoms with Crippen LogP contribution in [-0.2, 0) is 0 Å². The van der Waals surface area contributed by atoms with E-state index in [1.165, 1.54) is 28.9 Å². The summed E-state index contributed by atoms with van der Waals surface area (Å²) in [5, 5.41) is 10.7. The van der Waals surface area contributed by atoms with Crippen LogP contribution in [0.3, 0.4) is 0 Å². The molecule has 0 fully saturated rings. The number of nitro groups is 1. The molecule has 1 heterocycles. The average Bonchev–Trinajstić information content (AvgIpc) is 2.58. The van der Waals surface area contributed by atoms with Gasteiger partial charge >= 0.3 is 0 Å². The van der Waals surface area contributed by atoms with Crippen LogP contribution in [0.5, 0.6) is 0 Å². The second-order valence-electron chi connectivity index (χ2n) is 7.78. The molecule has 0 radical (unpaired) electrons. The molecule has 2 aromatic rings. The minimum Gasteiger partial charge on any atom is -0.369 e. The highest BCUT2D eigenvalue weighted by Crippen LogP contribution is 2.43. The molecule has 1 atom stereocenters. The third-order valence-electron chi connectivity index (χ3n) is 5.43. The SMILES string of the molecule is Cc1cc2c(cc1C=Nc1ccc([N+](=O)[O-])cc1)C(C)CC(C)(C)N2C. The minimum absolute atomic E-state index is 0.0772. The van der Waals surface area contributed by atoms with Gasteiger partial charge < -0.3 is 4.90 Å². The highest BCUT2D eigenvalue weighted by Gasteiger charge is 2.34. The van der Waals surface area contributed by atoms with Gasteiger partial charge in [0.25, 0.3) is 5.69 Å². The van der Waals surface area contributed by atoms with Gasteiger partial charge in [0.05, 0.1) is 10.6 Å². The van der Waals surface area contributed by atoms with Crippen molar-refractivity contribution in [3.8, 4) is 0 Å². The molecule has 0 saturated heterocycles. The van der Waals surface area contributed by atoms with Crippen LogP contribution in [0, 0.1) is 17.0 Å². The molecule has 1 unspecified atom stereocenters. The van der Waals surface area contributed by atoms with Crippen molar-refractivity contribution in [3.05, 3.63) is 63.2 Å². The normalized spacial score (nSPS) is 18.8. The van der Waals surface area contributed by atoms with E-state index in [9.17, 15) is 10.1 Å². The molecule has 5 heteroatoms. The van der Waals surface area contributed by atoms with Crippen molar-refractivity contribution in [1.29, 1.82) is 0 Å². The van der Waals surface area contributed by atoms with Gasteiger partial charge in [0.1, 0.15) is 0 Å². The summed E-state index contributed by atoms with van der Waals surface area (Å²) in [5.41, 5.74) is 5.83. The molecule has 1 aliphatic rings. The van der Waals surface area contributed by atoms with Crippen molar-refractivity contribution in [2.45, 2.75) is 45.6 Å². The van der Waals surface area contributed by atoms with Gasteiger partial charge in [0.15, 0.2) is 0 Å². The topological polar surface area (TPSA) is 58.7 Å². The Morgan fingerprint density at radius 2 is 1.92 bits per heavy atom. The predicted molar refractivity (Wildman–Crippen MR) is 107 cm³/mol. The van der Waals surface area contributed by atoms with E-state index < -0.39 is 4.92 Å². The van der Waals surface area contributed by atoms with Crippen LogP contribution in [0.15, 0.2) is 41.4 Å². The van der Waals surface area contributed by atoms with Gasteiger partial charge in [0, 0.05) is 36.6 Å². The molecule has 0 aliphatic carbocycles. The van der Waals surface area contributed by atoms with Crippen LogP contribution < -0.4 is 4.90 Å². The number of fused-ring (bicyclic) bond motifs is 1. The van der Waals surface area contributed by atoms with Crippen LogP contribution in [-0.4, -0.2) is 23.7 Å². The first-order chi connectivity index (χ1) is 12.2. The molecular weight excluding hydrogens is 326 g/mol. The Labute approximate surface area is 154 Å². The Hall–Kier alpha value is -2.69. The molecule has 26 heavy (non-hydrogen) atoms. The van der Waals surface area contributed by atoms with Gasteiger partial charge in [-0.2, -0.15) is 0 Å². The fourth-order valence-electron chi connectivity index (χ4n) is 3.68. The Bertz CT molecular complexity index is 870. The van der Waals surface area contributed by atoms with E-state index in [4.69, 9.17) is 0 Å². The summed E-state index contributed by atoms with van der Waals surface area (Å²) in [4.78, 5) is 17.2. The molecule has 2 aromatic carbocycles. The molecule has 0 aromatic heterocycles. The number of aryl methyl sites for hydroxylation is 1. The number of hydrogen-bond donors (Lipinski definition) is 0. The van der Waals surface area contributed by atoms with Crippen molar-refractivity contribution >= 4 is 23.3 Å². The number of rotatable bonds is 3. The number of non-ortho nitro benzene ring substituents is 1. The summed E-state index contributed by atoms with van der Waals surface area (Å²) in [5.74, 6) is 0.489. The molecule has 0 bridgehead atoms. The average molecular weight is 351 g/mol. The summed E-state index contributed by atoms with van der Waals surface area (Å²) in [6.45, 7) is 8.94. The lowest BCUT2D eigenvalue weighted by molar-refractivity contribution is -0.384. The van der Waals surface area contributed by atoms with Gasteiger partial charge in [-0.05, 0) is 74.1 Å². The summed E-state index contributed by atoms with van der Waals surface area (Å²) >= 11 is 0. The molecule has 0 N–H and O–H groups in total. The lowest BCUT2D eigenvalue weighted by Gasteiger charge is -2.45. The quantitative estimate of drug-likeness (QED) is 0.424. The summed E-state index contributed by atoms with van der Waals surface area (Å²) in [6, 6.07) is 10.8. The van der Waals surface area contributed by atoms with Crippen LogP contribution in [0.4, 0.5) is 17.1 Å². The second kappa shape index (κ2) is 6.56. The van der Waals surface area contributed by atoms with Gasteiger partial charge in [-0.25, -0.2) is 0 Å². The smallest absolute Gasteiger partial charge is 0.269 e. The first-order valence-electron chi connectivity index (χ1n) is 8.86. The van der Waals surface area contributed by atoms with Crippen LogP contribution in [0.2, 0.25) is 0 Å². The van der Waals surface area contributed by atoms with E-state index in [0.717, 1.165) is 12.0 Å². The summed E-state index contributed by atoms with van der Waals surface area (Å²) in [7, 11) is 2.16. The fourth-order valence-corrected chi connectivity index (χ4v) is 3.68. The summed E-state index contributed by atoms with van der Waals surface area (Å²) in [6.07, 6.45) is 2.96. The van der Waals surface area contributed by atoms with Gasteiger partial charge in [0.2, 0.25) is 0 Å². The highest BCUT2D eigenvalue weighted by molar-refractivity contribution is 5.86. The van der Waals surface area contributed by atoms with Crippen molar-refractivity contribution in [1.82, 2.24) is 0 Å². The van der Waals surface area contributed by atoms with Gasteiger partial charge in [-0.15, -0.1) is 0 Å². The Kier molecular flexibility index (Phi) is 4.57. The zero-order valence-electron chi connectivity index (χ0n) is 16.0. The standard InChI is InChI=1S/C21H25N3O2/c1-14-10-20-19(15(2)12-21(3,4)23(20)5)11-16(14)13-22-17-6-8-18(9-7-17)24(25)26/h6-11,13,15H,12H2,1-5H3. The molecule has 136 valence electrons. The second-order valence-corrected chi connectivity index (χ2v) is 7.78. The Morgan fingerprint density at radius 3 is 2.54 bits per heavy atom.